The van der Waals surface area contributed by atoms with Crippen molar-refractivity contribution in [3.63, 3.8) is 0 Å². The van der Waals surface area contributed by atoms with Gasteiger partial charge in [0.05, 0.1) is 6.54 Å². The van der Waals surface area contributed by atoms with Crippen LogP contribution in [-0.2, 0) is 16.1 Å². The number of carbonyl (C=O) groups is 2. The van der Waals surface area contributed by atoms with Crippen LogP contribution in [0.2, 0.25) is 0 Å². The van der Waals surface area contributed by atoms with Crippen LogP contribution in [-0.4, -0.2) is 63.3 Å². The van der Waals surface area contributed by atoms with Gasteiger partial charge in [-0.05, 0) is 24.5 Å². The van der Waals surface area contributed by atoms with E-state index in [4.69, 9.17) is 0 Å². The third-order valence-corrected chi connectivity index (χ3v) is 6.39. The number of nitrogens with zero attached hydrogens (tertiary/aromatic N) is 3. The first kappa shape index (κ1) is 19.0. The Kier molecular flexibility index (Phi) is 5.15. The van der Waals surface area contributed by atoms with E-state index in [1.165, 1.54) is 10.9 Å². The van der Waals surface area contributed by atoms with E-state index in [2.05, 4.69) is 48.1 Å². The van der Waals surface area contributed by atoms with E-state index in [9.17, 15) is 9.59 Å². The largest absolute Gasteiger partial charge is 0.361 e. The van der Waals surface area contributed by atoms with Crippen molar-refractivity contribution in [2.24, 2.45) is 5.92 Å². The predicted octanol–water partition coefficient (Wildman–Crippen LogP) is 2.81. The summed E-state index contributed by atoms with van der Waals surface area (Å²) in [5.41, 5.74) is 2.37. The van der Waals surface area contributed by atoms with Crippen molar-refractivity contribution in [2.45, 2.75) is 52.4 Å². The summed E-state index contributed by atoms with van der Waals surface area (Å²) in [6.07, 6.45) is 3.54. The Morgan fingerprint density at radius 2 is 2.04 bits per heavy atom. The Hall–Kier alpha value is -2.34. The monoisotopic (exact) mass is 382 g/mol. The SMILES string of the molecule is CCC(C)CN1CC2N(Cc3c[nH]c4ccccc34)CCC(=O)N2C(C)C1=O. The molecule has 3 atom stereocenters. The van der Waals surface area contributed by atoms with Crippen molar-refractivity contribution < 1.29 is 9.59 Å². The molecule has 2 aliphatic heterocycles. The van der Waals surface area contributed by atoms with Gasteiger partial charge >= 0.3 is 0 Å². The molecule has 2 fully saturated rings. The molecule has 6 nitrogen and oxygen atoms in total. The van der Waals surface area contributed by atoms with Crippen LogP contribution in [0.4, 0.5) is 0 Å². The van der Waals surface area contributed by atoms with Gasteiger partial charge < -0.3 is 14.8 Å². The number of aromatic nitrogens is 1. The van der Waals surface area contributed by atoms with Crippen molar-refractivity contribution in [3.05, 3.63) is 36.0 Å². The smallest absolute Gasteiger partial charge is 0.245 e. The second kappa shape index (κ2) is 7.59. The van der Waals surface area contributed by atoms with E-state index >= 15 is 0 Å². The second-order valence-electron chi connectivity index (χ2n) is 8.29. The van der Waals surface area contributed by atoms with Gasteiger partial charge in [-0.15, -0.1) is 0 Å². The van der Waals surface area contributed by atoms with Crippen molar-refractivity contribution in [3.8, 4) is 0 Å². The number of fused-ring (bicyclic) bond motifs is 2. The summed E-state index contributed by atoms with van der Waals surface area (Å²) in [5.74, 6) is 0.645. The van der Waals surface area contributed by atoms with Gasteiger partial charge in [-0.2, -0.15) is 0 Å². The number of amides is 2. The molecule has 0 saturated carbocycles. The molecule has 6 heteroatoms. The fraction of sp³-hybridized carbons (Fsp3) is 0.545. The number of hydrogen-bond donors (Lipinski definition) is 1. The number of carbonyl (C=O) groups excluding carboxylic acids is 2. The molecular formula is C22H30N4O2. The minimum Gasteiger partial charge on any atom is -0.361 e. The summed E-state index contributed by atoms with van der Waals surface area (Å²) in [7, 11) is 0. The maximum Gasteiger partial charge on any atom is 0.245 e. The molecule has 1 N–H and O–H groups in total. The molecule has 0 aliphatic carbocycles. The number of rotatable bonds is 5. The number of aromatic amines is 1. The molecule has 150 valence electrons. The maximum absolute atomic E-state index is 12.9. The van der Waals surface area contributed by atoms with Gasteiger partial charge in [-0.3, -0.25) is 14.5 Å². The van der Waals surface area contributed by atoms with Gasteiger partial charge in [0.15, 0.2) is 0 Å². The Morgan fingerprint density at radius 3 is 2.82 bits per heavy atom. The first-order chi connectivity index (χ1) is 13.5. The predicted molar refractivity (Wildman–Crippen MR) is 109 cm³/mol. The third-order valence-electron chi connectivity index (χ3n) is 6.39. The van der Waals surface area contributed by atoms with E-state index in [1.54, 1.807) is 0 Å². The Labute approximate surface area is 166 Å². The maximum atomic E-state index is 12.9. The van der Waals surface area contributed by atoms with Crippen LogP contribution >= 0.6 is 0 Å². The Balaban J connectivity index is 1.59. The van der Waals surface area contributed by atoms with Gasteiger partial charge in [-0.25, -0.2) is 0 Å². The third kappa shape index (κ3) is 3.30. The van der Waals surface area contributed by atoms with E-state index in [0.29, 0.717) is 18.9 Å². The van der Waals surface area contributed by atoms with Crippen LogP contribution in [0.1, 0.15) is 39.2 Å². The van der Waals surface area contributed by atoms with Crippen LogP contribution in [0.5, 0.6) is 0 Å². The molecule has 0 bridgehead atoms. The van der Waals surface area contributed by atoms with E-state index < -0.39 is 0 Å². The summed E-state index contributed by atoms with van der Waals surface area (Å²) in [6.45, 7) is 9.09. The van der Waals surface area contributed by atoms with Gasteiger partial charge in [-0.1, -0.05) is 38.5 Å². The number of benzene rings is 1. The van der Waals surface area contributed by atoms with Crippen LogP contribution in [0, 0.1) is 5.92 Å². The highest BCUT2D eigenvalue weighted by molar-refractivity contribution is 5.89. The number of nitrogens with one attached hydrogen (secondary N) is 1. The summed E-state index contributed by atoms with van der Waals surface area (Å²) in [4.78, 5) is 35.0. The summed E-state index contributed by atoms with van der Waals surface area (Å²) in [5, 5.41) is 1.22. The highest BCUT2D eigenvalue weighted by atomic mass is 16.2. The molecule has 2 aliphatic rings. The van der Waals surface area contributed by atoms with Crippen LogP contribution < -0.4 is 0 Å². The quantitative estimate of drug-likeness (QED) is 0.865. The first-order valence-corrected chi connectivity index (χ1v) is 10.4. The lowest BCUT2D eigenvalue weighted by atomic mass is 10.0. The standard InChI is InChI=1S/C22H30N4O2/c1-4-15(2)12-25-14-20-24(10-9-21(27)26(20)16(3)22(25)28)13-17-11-23-19-8-6-5-7-18(17)19/h5-8,11,15-16,20,23H,4,9-10,12-14H2,1-3H3. The molecule has 4 rings (SSSR count). The zero-order chi connectivity index (χ0) is 19.8. The summed E-state index contributed by atoms with van der Waals surface area (Å²) in [6, 6.07) is 7.92. The molecule has 0 spiro atoms. The normalized spacial score (nSPS) is 24.7. The average Bonchev–Trinajstić information content (AvgIpc) is 3.10. The Morgan fingerprint density at radius 1 is 1.25 bits per heavy atom. The molecule has 0 radical (unpaired) electrons. The minimum absolute atomic E-state index is 0.0494. The van der Waals surface area contributed by atoms with Gasteiger partial charge in [0.25, 0.3) is 0 Å². The second-order valence-corrected chi connectivity index (χ2v) is 8.29. The molecule has 1 aromatic heterocycles. The average molecular weight is 383 g/mol. The van der Waals surface area contributed by atoms with Gasteiger partial charge in [0.1, 0.15) is 12.2 Å². The highest BCUT2D eigenvalue weighted by Gasteiger charge is 2.45. The van der Waals surface area contributed by atoms with Crippen molar-refractivity contribution in [2.75, 3.05) is 19.6 Å². The van der Waals surface area contributed by atoms with Crippen LogP contribution in [0.25, 0.3) is 10.9 Å². The number of hydrogen-bond acceptors (Lipinski definition) is 3. The number of H-pyrrole nitrogens is 1. The van der Waals surface area contributed by atoms with E-state index in [1.807, 2.05) is 22.8 Å². The fourth-order valence-corrected chi connectivity index (χ4v) is 4.54. The van der Waals surface area contributed by atoms with Crippen LogP contribution in [0.3, 0.4) is 0 Å². The summed E-state index contributed by atoms with van der Waals surface area (Å²) < 4.78 is 0. The topological polar surface area (TPSA) is 59.7 Å². The lowest BCUT2D eigenvalue weighted by Crippen LogP contribution is -2.69. The lowest BCUT2D eigenvalue weighted by molar-refractivity contribution is -0.169. The number of para-hydroxylation sites is 1. The first-order valence-electron chi connectivity index (χ1n) is 10.4. The Bertz CT molecular complexity index is 876. The number of piperazine rings is 1. The molecule has 2 saturated heterocycles. The molecule has 3 heterocycles. The van der Waals surface area contributed by atoms with Gasteiger partial charge in [0, 0.05) is 43.2 Å². The van der Waals surface area contributed by atoms with Gasteiger partial charge in [0.2, 0.25) is 11.8 Å². The van der Waals surface area contributed by atoms with Crippen LogP contribution in [0.15, 0.2) is 30.5 Å². The molecule has 3 unspecified atom stereocenters. The van der Waals surface area contributed by atoms with E-state index in [-0.39, 0.29) is 24.0 Å². The van der Waals surface area contributed by atoms with Crippen molar-refractivity contribution >= 4 is 22.7 Å². The summed E-state index contributed by atoms with van der Waals surface area (Å²) >= 11 is 0. The fourth-order valence-electron chi connectivity index (χ4n) is 4.54. The molecule has 2 aromatic rings. The zero-order valence-corrected chi connectivity index (χ0v) is 17.0. The molecular weight excluding hydrogens is 352 g/mol. The molecule has 2 amide bonds. The van der Waals surface area contributed by atoms with Crippen molar-refractivity contribution in [1.82, 2.24) is 19.7 Å². The highest BCUT2D eigenvalue weighted by Crippen LogP contribution is 2.29. The zero-order valence-electron chi connectivity index (χ0n) is 17.0. The lowest BCUT2D eigenvalue weighted by Gasteiger charge is -2.52. The minimum atomic E-state index is -0.388. The molecule has 1 aromatic carbocycles. The van der Waals surface area contributed by atoms with E-state index in [0.717, 1.165) is 31.6 Å². The molecule has 28 heavy (non-hydrogen) atoms. The van der Waals surface area contributed by atoms with Crippen molar-refractivity contribution in [1.29, 1.82) is 0 Å².